The summed E-state index contributed by atoms with van der Waals surface area (Å²) in [7, 11) is 1.54. The molecule has 30 heavy (non-hydrogen) atoms. The van der Waals surface area contributed by atoms with E-state index < -0.39 is 5.91 Å². The lowest BCUT2D eigenvalue weighted by atomic mass is 10.1. The number of benzene rings is 2. The molecule has 6 nitrogen and oxygen atoms in total. The molecule has 0 unspecified atom stereocenters. The van der Waals surface area contributed by atoms with E-state index in [9.17, 15) is 9.59 Å². The Kier molecular flexibility index (Phi) is 5.54. The molecule has 0 spiro atoms. The predicted molar refractivity (Wildman–Crippen MR) is 118 cm³/mol. The van der Waals surface area contributed by atoms with Gasteiger partial charge in [-0.15, -0.1) is 11.3 Å². The van der Waals surface area contributed by atoms with E-state index in [1.165, 1.54) is 16.2 Å². The first-order chi connectivity index (χ1) is 14.6. The highest BCUT2D eigenvalue weighted by atomic mass is 32.1. The maximum Gasteiger partial charge on any atom is 0.282 e. The van der Waals surface area contributed by atoms with Crippen LogP contribution in [-0.4, -0.2) is 25.5 Å². The lowest BCUT2D eigenvalue weighted by molar-refractivity contribution is -0.120. The number of hydrogen-bond donors (Lipinski definition) is 1. The van der Waals surface area contributed by atoms with Crippen LogP contribution in [0.3, 0.4) is 0 Å². The van der Waals surface area contributed by atoms with Crippen LogP contribution in [0.1, 0.15) is 11.8 Å². The van der Waals surface area contributed by atoms with Gasteiger partial charge < -0.3 is 14.8 Å². The first kappa shape index (κ1) is 19.7. The molecule has 1 aliphatic heterocycles. The molecule has 1 N–H and O–H groups in total. The van der Waals surface area contributed by atoms with E-state index in [0.29, 0.717) is 35.1 Å². The second kappa shape index (κ2) is 8.42. The molecule has 0 aliphatic carbocycles. The van der Waals surface area contributed by atoms with Crippen molar-refractivity contribution in [3.8, 4) is 11.5 Å². The Balaban J connectivity index is 1.79. The predicted octanol–water partition coefficient (Wildman–Crippen LogP) is 4.55. The number of amides is 2. The van der Waals surface area contributed by atoms with E-state index in [1.807, 2.05) is 48.7 Å². The van der Waals surface area contributed by atoms with E-state index in [4.69, 9.17) is 9.47 Å². The van der Waals surface area contributed by atoms with Crippen LogP contribution in [0.4, 0.5) is 11.4 Å². The van der Waals surface area contributed by atoms with Crippen LogP contribution in [0.2, 0.25) is 0 Å². The molecule has 1 aromatic heterocycles. The van der Waals surface area contributed by atoms with E-state index in [1.54, 1.807) is 31.4 Å². The fourth-order valence-electron chi connectivity index (χ4n) is 3.27. The van der Waals surface area contributed by atoms with Crippen LogP contribution in [0.5, 0.6) is 11.5 Å². The number of thiophene rings is 1. The molecule has 7 heteroatoms. The van der Waals surface area contributed by atoms with Crippen LogP contribution in [-0.2, 0) is 9.59 Å². The summed E-state index contributed by atoms with van der Waals surface area (Å²) < 4.78 is 10.9. The lowest BCUT2D eigenvalue weighted by Gasteiger charge is -2.16. The first-order valence-electron chi connectivity index (χ1n) is 9.44. The average molecular weight is 420 g/mol. The Morgan fingerprint density at radius 1 is 1.00 bits per heavy atom. The van der Waals surface area contributed by atoms with Crippen molar-refractivity contribution < 1.29 is 19.1 Å². The summed E-state index contributed by atoms with van der Waals surface area (Å²) in [5, 5.41) is 5.03. The van der Waals surface area contributed by atoms with Gasteiger partial charge in [0.1, 0.15) is 17.2 Å². The zero-order valence-corrected chi connectivity index (χ0v) is 17.4. The topological polar surface area (TPSA) is 67.9 Å². The Labute approximate surface area is 178 Å². The van der Waals surface area contributed by atoms with E-state index >= 15 is 0 Å². The average Bonchev–Trinajstić information content (AvgIpc) is 3.36. The Morgan fingerprint density at radius 3 is 2.57 bits per heavy atom. The molecule has 0 fully saturated rings. The van der Waals surface area contributed by atoms with Crippen molar-refractivity contribution >= 4 is 40.1 Å². The molecule has 0 saturated heterocycles. The number of carbonyl (C=O) groups excluding carboxylic acids is 2. The van der Waals surface area contributed by atoms with E-state index in [2.05, 4.69) is 5.32 Å². The minimum atomic E-state index is -0.428. The van der Waals surface area contributed by atoms with Crippen molar-refractivity contribution in [2.45, 2.75) is 6.92 Å². The minimum Gasteiger partial charge on any atom is -0.497 e. The quantitative estimate of drug-likeness (QED) is 0.568. The largest absolute Gasteiger partial charge is 0.497 e. The number of hydrogen-bond acceptors (Lipinski definition) is 6. The summed E-state index contributed by atoms with van der Waals surface area (Å²) in [6.07, 6.45) is 0. The maximum absolute atomic E-state index is 13.4. The van der Waals surface area contributed by atoms with Gasteiger partial charge in [-0.3, -0.25) is 9.59 Å². The smallest absolute Gasteiger partial charge is 0.282 e. The van der Waals surface area contributed by atoms with Crippen LogP contribution in [0, 0.1) is 0 Å². The number of para-hydroxylation sites is 2. The third kappa shape index (κ3) is 3.55. The standard InChI is InChI=1S/C23H20N2O4S/c1-3-29-18-11-5-4-10-17(18)24-21-20(19-12-7-13-30-19)22(26)25(23(21)27)15-8-6-9-16(14-15)28-2/h4-14,24H,3H2,1-2H3. The third-order valence-electron chi connectivity index (χ3n) is 4.61. The molecule has 1 aliphatic rings. The normalized spacial score (nSPS) is 13.7. The number of anilines is 2. The number of nitrogens with zero attached hydrogens (tertiary/aromatic N) is 1. The first-order valence-corrected chi connectivity index (χ1v) is 10.3. The van der Waals surface area contributed by atoms with Crippen molar-refractivity contribution in [1.29, 1.82) is 0 Å². The van der Waals surface area contributed by atoms with Crippen LogP contribution >= 0.6 is 11.3 Å². The van der Waals surface area contributed by atoms with Gasteiger partial charge in [-0.25, -0.2) is 4.90 Å². The molecule has 3 aromatic rings. The second-order valence-corrected chi connectivity index (χ2v) is 7.38. The fourth-order valence-corrected chi connectivity index (χ4v) is 4.03. The van der Waals surface area contributed by atoms with Crippen LogP contribution < -0.4 is 19.7 Å². The van der Waals surface area contributed by atoms with Gasteiger partial charge >= 0.3 is 0 Å². The van der Waals surface area contributed by atoms with Crippen LogP contribution in [0.15, 0.2) is 71.7 Å². The van der Waals surface area contributed by atoms with Gasteiger partial charge in [0.15, 0.2) is 0 Å². The number of carbonyl (C=O) groups is 2. The number of ether oxygens (including phenoxy) is 2. The molecule has 0 bridgehead atoms. The fraction of sp³-hybridized carbons (Fsp3) is 0.130. The molecular formula is C23H20N2O4S. The summed E-state index contributed by atoms with van der Waals surface area (Å²) >= 11 is 1.41. The van der Waals surface area contributed by atoms with Crippen molar-refractivity contribution in [2.24, 2.45) is 0 Å². The van der Waals surface area contributed by atoms with Gasteiger partial charge in [-0.2, -0.15) is 0 Å². The van der Waals surface area contributed by atoms with Gasteiger partial charge in [0, 0.05) is 10.9 Å². The van der Waals surface area contributed by atoms with Gasteiger partial charge in [-0.05, 0) is 42.6 Å². The Bertz CT molecular complexity index is 1120. The highest BCUT2D eigenvalue weighted by Crippen LogP contribution is 2.37. The summed E-state index contributed by atoms with van der Waals surface area (Å²) in [6.45, 7) is 2.38. The molecule has 2 heterocycles. The number of methoxy groups -OCH3 is 1. The molecular weight excluding hydrogens is 400 g/mol. The zero-order chi connectivity index (χ0) is 21.1. The lowest BCUT2D eigenvalue weighted by Crippen LogP contribution is -2.32. The van der Waals surface area contributed by atoms with Gasteiger partial charge in [0.05, 0.1) is 30.7 Å². The number of nitrogens with one attached hydrogen (secondary N) is 1. The van der Waals surface area contributed by atoms with Gasteiger partial charge in [0.2, 0.25) is 0 Å². The molecule has 0 atom stereocenters. The molecule has 2 aromatic carbocycles. The molecule has 0 radical (unpaired) electrons. The van der Waals surface area contributed by atoms with Crippen molar-refractivity contribution in [3.63, 3.8) is 0 Å². The summed E-state index contributed by atoms with van der Waals surface area (Å²) in [5.41, 5.74) is 1.63. The molecule has 0 saturated carbocycles. The zero-order valence-electron chi connectivity index (χ0n) is 16.5. The van der Waals surface area contributed by atoms with Gasteiger partial charge in [0.25, 0.3) is 11.8 Å². The van der Waals surface area contributed by atoms with E-state index in [0.717, 1.165) is 4.88 Å². The highest BCUT2D eigenvalue weighted by Gasteiger charge is 2.41. The Hall–Kier alpha value is -3.58. The molecule has 2 amide bonds. The maximum atomic E-state index is 13.4. The molecule has 152 valence electrons. The van der Waals surface area contributed by atoms with Gasteiger partial charge in [-0.1, -0.05) is 24.3 Å². The van der Waals surface area contributed by atoms with Crippen molar-refractivity contribution in [2.75, 3.05) is 23.9 Å². The highest BCUT2D eigenvalue weighted by molar-refractivity contribution is 7.11. The van der Waals surface area contributed by atoms with E-state index in [-0.39, 0.29) is 11.6 Å². The Morgan fingerprint density at radius 2 is 1.83 bits per heavy atom. The third-order valence-corrected chi connectivity index (χ3v) is 5.50. The van der Waals surface area contributed by atoms with Crippen molar-refractivity contribution in [1.82, 2.24) is 0 Å². The monoisotopic (exact) mass is 420 g/mol. The summed E-state index contributed by atoms with van der Waals surface area (Å²) in [6, 6.07) is 17.9. The minimum absolute atomic E-state index is 0.220. The summed E-state index contributed by atoms with van der Waals surface area (Å²) in [4.78, 5) is 28.7. The van der Waals surface area contributed by atoms with Crippen molar-refractivity contribution in [3.05, 3.63) is 76.6 Å². The second-order valence-electron chi connectivity index (χ2n) is 6.43. The number of imide groups is 1. The summed E-state index contributed by atoms with van der Waals surface area (Å²) in [5.74, 6) is 0.363. The molecule has 4 rings (SSSR count). The number of rotatable bonds is 7. The van der Waals surface area contributed by atoms with Crippen LogP contribution in [0.25, 0.3) is 5.57 Å². The SMILES string of the molecule is CCOc1ccccc1NC1=C(c2cccs2)C(=O)N(c2cccc(OC)c2)C1=O.